The highest BCUT2D eigenvalue weighted by atomic mass is 16.7. The zero-order valence-corrected chi connectivity index (χ0v) is 18.9. The quantitative estimate of drug-likeness (QED) is 0.202. The number of carbonyl (C=O) groups is 5. The minimum atomic E-state index is -1.27. The van der Waals surface area contributed by atoms with E-state index in [0.717, 1.165) is 6.42 Å². The summed E-state index contributed by atoms with van der Waals surface area (Å²) in [7, 11) is 0. The molecule has 2 atom stereocenters. The van der Waals surface area contributed by atoms with Crippen LogP contribution in [0.1, 0.15) is 64.5 Å². The van der Waals surface area contributed by atoms with Gasteiger partial charge in [-0.15, -0.1) is 0 Å². The van der Waals surface area contributed by atoms with Crippen molar-refractivity contribution in [3.05, 3.63) is 18.2 Å². The number of carboxylic acids is 1. The summed E-state index contributed by atoms with van der Waals surface area (Å²) >= 11 is 0. The second kappa shape index (κ2) is 15.4. The van der Waals surface area contributed by atoms with Crippen molar-refractivity contribution in [2.45, 2.75) is 77.5 Å². The van der Waals surface area contributed by atoms with Crippen molar-refractivity contribution in [1.82, 2.24) is 20.6 Å². The van der Waals surface area contributed by atoms with Crippen molar-refractivity contribution in [3.8, 4) is 0 Å². The Morgan fingerprint density at radius 2 is 1.67 bits per heavy atom. The number of nitrogens with zero attached hydrogens (tertiary/aromatic N) is 1. The third-order valence-electron chi connectivity index (χ3n) is 4.37. The minimum absolute atomic E-state index is 0.0154. The number of aliphatic carboxylic acids is 1. The Bertz CT molecular complexity index is 781. The van der Waals surface area contributed by atoms with Gasteiger partial charge in [0.1, 0.15) is 6.04 Å². The number of imidazole rings is 1. The van der Waals surface area contributed by atoms with Crippen LogP contribution in [-0.4, -0.2) is 63.7 Å². The highest BCUT2D eigenvalue weighted by Crippen LogP contribution is 2.05. The lowest BCUT2D eigenvalue weighted by Gasteiger charge is -2.19. The molecule has 0 saturated carbocycles. The normalized spacial score (nSPS) is 12.3. The maximum absolute atomic E-state index is 12.1. The van der Waals surface area contributed by atoms with Crippen LogP contribution in [0.3, 0.4) is 0 Å². The van der Waals surface area contributed by atoms with Crippen LogP contribution >= 0.6 is 0 Å². The van der Waals surface area contributed by atoms with Crippen LogP contribution in [-0.2, 0) is 39.9 Å². The van der Waals surface area contributed by atoms with Crippen molar-refractivity contribution < 1.29 is 38.6 Å². The molecule has 0 saturated heterocycles. The lowest BCUT2D eigenvalue weighted by atomic mass is 10.1. The number of hydrogen-bond acceptors (Lipinski definition) is 8. The van der Waals surface area contributed by atoms with Gasteiger partial charge in [-0.3, -0.25) is 19.2 Å². The summed E-state index contributed by atoms with van der Waals surface area (Å²) < 4.78 is 10.2. The van der Waals surface area contributed by atoms with E-state index < -0.39 is 42.1 Å². The average Bonchev–Trinajstić information content (AvgIpc) is 3.27. The standard InChI is InChI=1S/C21H32N4O8/c1-3-5-7-19(29)33-20(32-18(28)6-4-2)12-23-16(26)8-9-17(27)25-15(21(30)31)10-14-11-22-13-24-14/h11,13,15,20H,3-10,12H2,1-2H3,(H,22,24)(H,23,26)(H,25,27)(H,30,31). The van der Waals surface area contributed by atoms with Crippen molar-refractivity contribution in [3.63, 3.8) is 0 Å². The molecule has 0 aliphatic heterocycles. The van der Waals surface area contributed by atoms with Crippen molar-refractivity contribution >= 4 is 29.7 Å². The van der Waals surface area contributed by atoms with Crippen LogP contribution in [0.25, 0.3) is 0 Å². The lowest BCUT2D eigenvalue weighted by Crippen LogP contribution is -2.43. The molecule has 12 nitrogen and oxygen atoms in total. The molecule has 0 radical (unpaired) electrons. The first-order valence-electron chi connectivity index (χ1n) is 10.9. The molecule has 1 heterocycles. The molecule has 0 aliphatic rings. The van der Waals surface area contributed by atoms with Gasteiger partial charge in [0.15, 0.2) is 0 Å². The minimum Gasteiger partial charge on any atom is -0.480 e. The summed E-state index contributed by atoms with van der Waals surface area (Å²) in [5.74, 6) is -3.49. The van der Waals surface area contributed by atoms with Gasteiger partial charge in [-0.05, 0) is 12.8 Å². The summed E-state index contributed by atoms with van der Waals surface area (Å²) in [6, 6.07) is -1.18. The maximum Gasteiger partial charge on any atom is 0.326 e. The zero-order valence-electron chi connectivity index (χ0n) is 18.9. The Labute approximate surface area is 191 Å². The van der Waals surface area contributed by atoms with Gasteiger partial charge in [-0.1, -0.05) is 20.3 Å². The number of amides is 2. The van der Waals surface area contributed by atoms with E-state index in [1.165, 1.54) is 12.5 Å². The fraction of sp³-hybridized carbons (Fsp3) is 0.619. The van der Waals surface area contributed by atoms with E-state index in [9.17, 15) is 29.1 Å². The number of carboxylic acid groups (broad SMARTS) is 1. The number of nitrogens with one attached hydrogen (secondary N) is 3. The van der Waals surface area contributed by atoms with Gasteiger partial charge >= 0.3 is 17.9 Å². The largest absolute Gasteiger partial charge is 0.480 e. The third kappa shape index (κ3) is 12.2. The predicted octanol–water partition coefficient (Wildman–Crippen LogP) is 0.821. The smallest absolute Gasteiger partial charge is 0.326 e. The Morgan fingerprint density at radius 3 is 2.24 bits per heavy atom. The van der Waals surface area contributed by atoms with Crippen LogP contribution in [0.5, 0.6) is 0 Å². The fourth-order valence-corrected chi connectivity index (χ4v) is 2.64. The first-order chi connectivity index (χ1) is 15.7. The van der Waals surface area contributed by atoms with E-state index in [2.05, 4.69) is 20.6 Å². The number of hydrogen-bond donors (Lipinski definition) is 4. The Kier molecular flexibility index (Phi) is 12.9. The van der Waals surface area contributed by atoms with Gasteiger partial charge in [0.2, 0.25) is 11.8 Å². The van der Waals surface area contributed by atoms with E-state index >= 15 is 0 Å². The number of rotatable bonds is 16. The van der Waals surface area contributed by atoms with E-state index in [1.54, 1.807) is 6.92 Å². The Hall–Kier alpha value is -3.44. The summed E-state index contributed by atoms with van der Waals surface area (Å²) in [5, 5.41) is 14.1. The van der Waals surface area contributed by atoms with Gasteiger partial charge in [-0.2, -0.15) is 0 Å². The van der Waals surface area contributed by atoms with Crippen LogP contribution in [0, 0.1) is 0 Å². The number of aromatic amines is 1. The second-order valence-corrected chi connectivity index (χ2v) is 7.31. The van der Waals surface area contributed by atoms with Gasteiger partial charge < -0.3 is 30.2 Å². The molecule has 1 aromatic heterocycles. The maximum atomic E-state index is 12.1. The lowest BCUT2D eigenvalue weighted by molar-refractivity contribution is -0.187. The van der Waals surface area contributed by atoms with Crippen LogP contribution in [0.4, 0.5) is 0 Å². The van der Waals surface area contributed by atoms with E-state index in [4.69, 9.17) is 9.47 Å². The molecule has 4 N–H and O–H groups in total. The average molecular weight is 469 g/mol. The molecule has 184 valence electrons. The molecule has 1 rings (SSSR count). The fourth-order valence-electron chi connectivity index (χ4n) is 2.64. The third-order valence-corrected chi connectivity index (χ3v) is 4.37. The Morgan fingerprint density at radius 1 is 1.00 bits per heavy atom. The molecule has 0 aliphatic carbocycles. The molecule has 33 heavy (non-hydrogen) atoms. The number of esters is 2. The van der Waals surface area contributed by atoms with Gasteiger partial charge in [0.25, 0.3) is 6.29 Å². The molecule has 2 amide bonds. The van der Waals surface area contributed by atoms with Crippen molar-refractivity contribution in [1.29, 1.82) is 0 Å². The predicted molar refractivity (Wildman–Crippen MR) is 115 cm³/mol. The molecule has 0 fully saturated rings. The first kappa shape index (κ1) is 27.6. The van der Waals surface area contributed by atoms with Crippen LogP contribution in [0.2, 0.25) is 0 Å². The zero-order chi connectivity index (χ0) is 24.6. The second-order valence-electron chi connectivity index (χ2n) is 7.31. The summed E-state index contributed by atoms with van der Waals surface area (Å²) in [6.07, 6.45) is 3.37. The van der Waals surface area contributed by atoms with E-state index in [1.807, 2.05) is 6.92 Å². The number of aromatic nitrogens is 2. The highest BCUT2D eigenvalue weighted by Gasteiger charge is 2.22. The van der Waals surface area contributed by atoms with E-state index in [-0.39, 0.29) is 38.6 Å². The number of H-pyrrole nitrogens is 1. The van der Waals surface area contributed by atoms with E-state index in [0.29, 0.717) is 18.5 Å². The van der Waals surface area contributed by atoms with Gasteiger partial charge in [0.05, 0.1) is 12.9 Å². The molecule has 12 heteroatoms. The molecule has 1 aromatic rings. The SMILES string of the molecule is CCCCC(=O)OC(CNC(=O)CCC(=O)NC(Cc1cnc[nH]1)C(=O)O)OC(=O)CCC. The van der Waals surface area contributed by atoms with Crippen molar-refractivity contribution in [2.75, 3.05) is 6.54 Å². The van der Waals surface area contributed by atoms with Gasteiger partial charge in [0, 0.05) is 44.0 Å². The first-order valence-corrected chi connectivity index (χ1v) is 10.9. The number of ether oxygens (including phenoxy) is 2. The molecular weight excluding hydrogens is 436 g/mol. The Balaban J connectivity index is 2.48. The van der Waals surface area contributed by atoms with Crippen LogP contribution in [0.15, 0.2) is 12.5 Å². The summed E-state index contributed by atoms with van der Waals surface area (Å²) in [4.78, 5) is 65.7. The van der Waals surface area contributed by atoms with Gasteiger partial charge in [-0.25, -0.2) is 9.78 Å². The number of carbonyl (C=O) groups excluding carboxylic acids is 4. The number of unbranched alkanes of at least 4 members (excludes halogenated alkanes) is 1. The van der Waals surface area contributed by atoms with Crippen molar-refractivity contribution in [2.24, 2.45) is 0 Å². The molecular formula is C21H32N4O8. The summed E-state index contributed by atoms with van der Waals surface area (Å²) in [6.45, 7) is 3.45. The molecule has 0 spiro atoms. The molecule has 2 unspecified atom stereocenters. The van der Waals surface area contributed by atoms with Crippen LogP contribution < -0.4 is 10.6 Å². The molecule has 0 bridgehead atoms. The molecule has 0 aromatic carbocycles. The highest BCUT2D eigenvalue weighted by molar-refractivity contribution is 5.87. The summed E-state index contributed by atoms with van der Waals surface area (Å²) in [5.41, 5.74) is 0.539. The monoisotopic (exact) mass is 468 g/mol. The topological polar surface area (TPSA) is 177 Å².